The van der Waals surface area contributed by atoms with Crippen molar-refractivity contribution in [2.75, 3.05) is 13.1 Å². The first-order valence-electron chi connectivity index (χ1n) is 10.2. The van der Waals surface area contributed by atoms with Crippen molar-refractivity contribution in [1.29, 1.82) is 0 Å². The molecule has 3 rings (SSSR count). The van der Waals surface area contributed by atoms with E-state index in [1.54, 1.807) is 24.1 Å². The molecule has 2 N–H and O–H groups in total. The molecule has 0 unspecified atom stereocenters. The van der Waals surface area contributed by atoms with E-state index in [9.17, 15) is 14.4 Å². The molecule has 2 aromatic rings. The van der Waals surface area contributed by atoms with Crippen LogP contribution in [0.2, 0.25) is 0 Å². The molecular formula is C22H29N5O3. The number of hydrogen-bond donors (Lipinski definition) is 2. The fraction of sp³-hybridized carbons (Fsp3) is 0.455. The van der Waals surface area contributed by atoms with Gasteiger partial charge in [-0.2, -0.15) is 5.10 Å². The van der Waals surface area contributed by atoms with Gasteiger partial charge in [-0.1, -0.05) is 29.8 Å². The Balaban J connectivity index is 1.53. The van der Waals surface area contributed by atoms with Crippen molar-refractivity contribution in [1.82, 2.24) is 25.3 Å². The van der Waals surface area contributed by atoms with E-state index >= 15 is 0 Å². The van der Waals surface area contributed by atoms with Crippen LogP contribution < -0.4 is 10.6 Å². The number of rotatable bonds is 6. The van der Waals surface area contributed by atoms with Crippen LogP contribution in [-0.4, -0.2) is 51.5 Å². The first-order chi connectivity index (χ1) is 14.3. The lowest BCUT2D eigenvalue weighted by atomic mass is 9.99. The fourth-order valence-electron chi connectivity index (χ4n) is 3.68. The van der Waals surface area contributed by atoms with E-state index in [4.69, 9.17) is 0 Å². The Kier molecular flexibility index (Phi) is 6.87. The fourth-order valence-corrected chi connectivity index (χ4v) is 3.68. The summed E-state index contributed by atoms with van der Waals surface area (Å²) in [4.78, 5) is 38.6. The predicted octanol–water partition coefficient (Wildman–Crippen LogP) is 1.72. The zero-order chi connectivity index (χ0) is 21.7. The monoisotopic (exact) mass is 411 g/mol. The molecule has 1 atom stereocenters. The summed E-state index contributed by atoms with van der Waals surface area (Å²) in [7, 11) is 1.77. The molecule has 1 aliphatic rings. The van der Waals surface area contributed by atoms with Crippen LogP contribution in [0.3, 0.4) is 0 Å². The lowest BCUT2D eigenvalue weighted by Gasteiger charge is -2.33. The molecular weight excluding hydrogens is 382 g/mol. The Bertz CT molecular complexity index is 898. The van der Waals surface area contributed by atoms with Crippen LogP contribution in [0.5, 0.6) is 0 Å². The molecule has 1 fully saturated rings. The summed E-state index contributed by atoms with van der Waals surface area (Å²) in [5.74, 6) is -0.297. The minimum absolute atomic E-state index is 0.00589. The number of amides is 3. The molecule has 1 aliphatic heterocycles. The molecule has 3 amide bonds. The highest BCUT2D eigenvalue weighted by molar-refractivity contribution is 5.93. The number of benzene rings is 1. The van der Waals surface area contributed by atoms with Crippen LogP contribution in [-0.2, 0) is 16.6 Å². The van der Waals surface area contributed by atoms with E-state index in [0.717, 1.165) is 11.1 Å². The third-order valence-electron chi connectivity index (χ3n) is 5.39. The van der Waals surface area contributed by atoms with Gasteiger partial charge in [0.2, 0.25) is 11.8 Å². The van der Waals surface area contributed by atoms with Crippen molar-refractivity contribution in [2.24, 2.45) is 7.05 Å². The van der Waals surface area contributed by atoms with Crippen LogP contribution >= 0.6 is 0 Å². The van der Waals surface area contributed by atoms with E-state index in [1.165, 1.54) is 6.92 Å². The van der Waals surface area contributed by atoms with Crippen LogP contribution in [0, 0.1) is 6.92 Å². The van der Waals surface area contributed by atoms with Crippen LogP contribution in [0.25, 0.3) is 0 Å². The van der Waals surface area contributed by atoms with Crippen molar-refractivity contribution in [3.05, 3.63) is 53.3 Å². The smallest absolute Gasteiger partial charge is 0.254 e. The summed E-state index contributed by atoms with van der Waals surface area (Å²) in [6, 6.07) is 7.53. The normalized spacial score (nSPS) is 15.5. The molecule has 8 heteroatoms. The van der Waals surface area contributed by atoms with Crippen LogP contribution in [0.1, 0.15) is 53.7 Å². The molecule has 1 aromatic carbocycles. The summed E-state index contributed by atoms with van der Waals surface area (Å²) in [6.45, 7) is 4.62. The summed E-state index contributed by atoms with van der Waals surface area (Å²) >= 11 is 0. The maximum Gasteiger partial charge on any atom is 0.254 e. The molecule has 1 aromatic heterocycles. The van der Waals surface area contributed by atoms with Crippen LogP contribution in [0.15, 0.2) is 36.7 Å². The first-order valence-corrected chi connectivity index (χ1v) is 10.2. The van der Waals surface area contributed by atoms with Gasteiger partial charge in [-0.15, -0.1) is 0 Å². The van der Waals surface area contributed by atoms with E-state index in [-0.39, 0.29) is 36.2 Å². The van der Waals surface area contributed by atoms with Gasteiger partial charge in [-0.25, -0.2) is 0 Å². The Hall–Kier alpha value is -3.16. The summed E-state index contributed by atoms with van der Waals surface area (Å²) < 4.78 is 1.59. The van der Waals surface area contributed by atoms with Crippen molar-refractivity contribution in [3.63, 3.8) is 0 Å². The zero-order valence-electron chi connectivity index (χ0n) is 17.7. The topological polar surface area (TPSA) is 96.3 Å². The van der Waals surface area contributed by atoms with Gasteiger partial charge in [-0.05, 0) is 25.3 Å². The summed E-state index contributed by atoms with van der Waals surface area (Å²) in [6.07, 6.45) is 4.85. The number of nitrogens with zero attached hydrogens (tertiary/aromatic N) is 3. The van der Waals surface area contributed by atoms with E-state index < -0.39 is 0 Å². The molecule has 0 spiro atoms. The Morgan fingerprint density at radius 3 is 2.40 bits per heavy atom. The van der Waals surface area contributed by atoms with Gasteiger partial charge in [0.25, 0.3) is 5.91 Å². The number of aryl methyl sites for hydroxylation is 2. The maximum atomic E-state index is 12.9. The lowest BCUT2D eigenvalue weighted by Crippen LogP contribution is -2.47. The summed E-state index contributed by atoms with van der Waals surface area (Å²) in [5, 5.41) is 9.92. The molecule has 30 heavy (non-hydrogen) atoms. The molecule has 0 bridgehead atoms. The van der Waals surface area contributed by atoms with Crippen molar-refractivity contribution in [3.8, 4) is 0 Å². The van der Waals surface area contributed by atoms with Gasteiger partial charge < -0.3 is 15.5 Å². The predicted molar refractivity (Wildman–Crippen MR) is 113 cm³/mol. The number of carbonyl (C=O) groups is 3. The molecule has 0 saturated carbocycles. The Morgan fingerprint density at radius 2 is 1.83 bits per heavy atom. The van der Waals surface area contributed by atoms with Gasteiger partial charge in [0.05, 0.1) is 24.2 Å². The number of hydrogen-bond acceptors (Lipinski definition) is 4. The van der Waals surface area contributed by atoms with E-state index in [2.05, 4.69) is 15.7 Å². The first kappa shape index (κ1) is 21.5. The third-order valence-corrected chi connectivity index (χ3v) is 5.39. The van der Waals surface area contributed by atoms with Gasteiger partial charge >= 0.3 is 0 Å². The van der Waals surface area contributed by atoms with Gasteiger partial charge in [-0.3, -0.25) is 19.1 Å². The van der Waals surface area contributed by atoms with Gasteiger partial charge in [0.15, 0.2) is 0 Å². The van der Waals surface area contributed by atoms with Gasteiger partial charge in [0.1, 0.15) is 0 Å². The number of carbonyl (C=O) groups excluding carboxylic acids is 3. The largest absolute Gasteiger partial charge is 0.349 e. The zero-order valence-corrected chi connectivity index (χ0v) is 17.7. The Labute approximate surface area is 176 Å². The molecule has 0 aliphatic carbocycles. The second kappa shape index (κ2) is 9.56. The standard InChI is InChI=1S/C22H29N5O3/c1-15-4-6-17(7-5-15)20(24-16(2)28)12-21(29)27-10-8-19(9-11-27)25-22(30)18-13-23-26(3)14-18/h4-7,13-14,19-20H,8-12H2,1-3H3,(H,24,28)(H,25,30)/t20-/m1/s1. The van der Waals surface area contributed by atoms with Crippen molar-refractivity contribution >= 4 is 17.7 Å². The number of piperidine rings is 1. The van der Waals surface area contributed by atoms with Gasteiger partial charge in [0, 0.05) is 39.3 Å². The molecule has 1 saturated heterocycles. The van der Waals surface area contributed by atoms with Crippen molar-refractivity contribution < 1.29 is 14.4 Å². The molecule has 160 valence electrons. The lowest BCUT2D eigenvalue weighted by molar-refractivity contribution is -0.133. The van der Waals surface area contributed by atoms with Crippen molar-refractivity contribution in [2.45, 2.75) is 45.2 Å². The molecule has 8 nitrogen and oxygen atoms in total. The highest BCUT2D eigenvalue weighted by atomic mass is 16.2. The average Bonchev–Trinajstić information content (AvgIpc) is 3.15. The molecule has 0 radical (unpaired) electrons. The average molecular weight is 412 g/mol. The quantitative estimate of drug-likeness (QED) is 0.756. The number of nitrogens with one attached hydrogen (secondary N) is 2. The van der Waals surface area contributed by atoms with Crippen LogP contribution in [0.4, 0.5) is 0 Å². The Morgan fingerprint density at radius 1 is 1.17 bits per heavy atom. The SMILES string of the molecule is CC(=O)N[C@H](CC(=O)N1CCC(NC(=O)c2cnn(C)c2)CC1)c1ccc(C)cc1. The van der Waals surface area contributed by atoms with E-state index in [0.29, 0.717) is 31.5 Å². The highest BCUT2D eigenvalue weighted by Crippen LogP contribution is 2.21. The number of aromatic nitrogens is 2. The second-order valence-electron chi connectivity index (χ2n) is 7.90. The third kappa shape index (κ3) is 5.68. The summed E-state index contributed by atoms with van der Waals surface area (Å²) in [5.41, 5.74) is 2.58. The molecule has 2 heterocycles. The second-order valence-corrected chi connectivity index (χ2v) is 7.90. The maximum absolute atomic E-state index is 12.9. The number of likely N-dealkylation sites (tertiary alicyclic amines) is 1. The van der Waals surface area contributed by atoms with E-state index in [1.807, 2.05) is 36.1 Å². The minimum atomic E-state index is -0.349. The minimum Gasteiger partial charge on any atom is -0.349 e. The highest BCUT2D eigenvalue weighted by Gasteiger charge is 2.27.